The second kappa shape index (κ2) is 16.5. The summed E-state index contributed by atoms with van der Waals surface area (Å²) in [4.78, 5) is 0. The van der Waals surface area contributed by atoms with E-state index in [1.165, 1.54) is 83.5 Å². The maximum Gasteiger partial charge on any atom is 0.186 e. The molecule has 0 aromatic carbocycles. The van der Waals surface area contributed by atoms with Crippen LogP contribution in [0.4, 0.5) is 0 Å². The summed E-state index contributed by atoms with van der Waals surface area (Å²) in [6.45, 7) is 3.15. The van der Waals surface area contributed by atoms with Crippen molar-refractivity contribution in [3.63, 3.8) is 0 Å². The molecule has 0 bridgehead atoms. The molecule has 3 N–H and O–H groups in total. The van der Waals surface area contributed by atoms with Crippen LogP contribution in [0.25, 0.3) is 0 Å². The molecule has 2 heterocycles. The summed E-state index contributed by atoms with van der Waals surface area (Å²) in [5, 5.41) is 37.2. The molecule has 186 valence electrons. The number of ether oxygens (including phenoxy) is 2. The predicted molar refractivity (Wildman–Crippen MR) is 123 cm³/mol. The molecule has 32 heavy (non-hydrogen) atoms. The molecular weight excluding hydrogens is 410 g/mol. The number of aromatic nitrogens is 3. The predicted octanol–water partition coefficient (Wildman–Crippen LogP) is 3.72. The maximum atomic E-state index is 9.88. The van der Waals surface area contributed by atoms with Crippen LogP contribution < -0.4 is 0 Å². The molecule has 0 spiro atoms. The summed E-state index contributed by atoms with van der Waals surface area (Å²) >= 11 is 0. The first-order valence-corrected chi connectivity index (χ1v) is 12.8. The molecular formula is C24H45N3O5. The third-order valence-corrected chi connectivity index (χ3v) is 6.18. The van der Waals surface area contributed by atoms with Gasteiger partial charge in [0.1, 0.15) is 24.0 Å². The third-order valence-electron chi connectivity index (χ3n) is 6.18. The van der Waals surface area contributed by atoms with E-state index in [1.807, 2.05) is 10.9 Å². The zero-order chi connectivity index (χ0) is 23.0. The lowest BCUT2D eigenvalue weighted by Crippen LogP contribution is -2.53. The number of aryl methyl sites for hydroxylation is 1. The van der Waals surface area contributed by atoms with Gasteiger partial charge in [-0.05, 0) is 6.42 Å². The van der Waals surface area contributed by atoms with Crippen LogP contribution >= 0.6 is 0 Å². The van der Waals surface area contributed by atoms with E-state index < -0.39 is 24.6 Å². The fraction of sp³-hybridized carbons (Fsp3) is 0.917. The maximum absolute atomic E-state index is 9.88. The number of nitrogens with zero attached hydrogens (tertiary/aromatic N) is 3. The Kier molecular flexibility index (Phi) is 14.0. The van der Waals surface area contributed by atoms with Gasteiger partial charge in [0, 0.05) is 6.54 Å². The van der Waals surface area contributed by atoms with Crippen molar-refractivity contribution in [1.29, 1.82) is 0 Å². The van der Waals surface area contributed by atoms with Crippen molar-refractivity contribution in [2.24, 2.45) is 0 Å². The number of aliphatic hydroxyl groups is 3. The molecule has 2 rings (SSSR count). The first-order chi connectivity index (χ1) is 15.6. The van der Waals surface area contributed by atoms with Gasteiger partial charge in [0.05, 0.1) is 19.4 Å². The molecule has 8 nitrogen and oxygen atoms in total. The largest absolute Gasteiger partial charge is 0.388 e. The fourth-order valence-corrected chi connectivity index (χ4v) is 4.08. The zero-order valence-corrected chi connectivity index (χ0v) is 19.9. The van der Waals surface area contributed by atoms with Crippen molar-refractivity contribution in [3.05, 3.63) is 11.9 Å². The van der Waals surface area contributed by atoms with Gasteiger partial charge in [-0.15, -0.1) is 5.10 Å². The van der Waals surface area contributed by atoms with Gasteiger partial charge in [-0.2, -0.15) is 0 Å². The lowest BCUT2D eigenvalue weighted by Gasteiger charge is -2.34. The first kappa shape index (κ1) is 27.2. The van der Waals surface area contributed by atoms with Gasteiger partial charge in [-0.1, -0.05) is 95.6 Å². The minimum atomic E-state index is -1.29. The van der Waals surface area contributed by atoms with Crippen molar-refractivity contribution in [1.82, 2.24) is 15.0 Å². The highest BCUT2D eigenvalue weighted by atomic mass is 16.7. The Morgan fingerprint density at radius 2 is 1.44 bits per heavy atom. The smallest absolute Gasteiger partial charge is 0.186 e. The van der Waals surface area contributed by atoms with Crippen LogP contribution in [0.15, 0.2) is 6.20 Å². The van der Waals surface area contributed by atoms with Crippen LogP contribution in [0.1, 0.15) is 103 Å². The van der Waals surface area contributed by atoms with Crippen LogP contribution in [-0.4, -0.2) is 61.5 Å². The minimum absolute atomic E-state index is 0.0747. The van der Waals surface area contributed by atoms with Crippen molar-refractivity contribution >= 4 is 0 Å². The monoisotopic (exact) mass is 455 g/mol. The molecule has 1 aliphatic rings. The Bertz CT molecular complexity index is 586. The van der Waals surface area contributed by atoms with Crippen LogP contribution in [0.3, 0.4) is 0 Å². The highest BCUT2D eigenvalue weighted by Crippen LogP contribution is 2.18. The average Bonchev–Trinajstić information content (AvgIpc) is 3.25. The van der Waals surface area contributed by atoms with Crippen LogP contribution in [0.5, 0.6) is 0 Å². The normalized spacial score (nSPS) is 23.6. The molecule has 1 fully saturated rings. The summed E-state index contributed by atoms with van der Waals surface area (Å²) in [6.07, 6.45) is 16.0. The second-order valence-corrected chi connectivity index (χ2v) is 9.13. The van der Waals surface area contributed by atoms with Gasteiger partial charge < -0.3 is 24.8 Å². The number of unbranched alkanes of at least 4 members (excludes halogenated alkanes) is 13. The Morgan fingerprint density at radius 3 is 2.03 bits per heavy atom. The second-order valence-electron chi connectivity index (χ2n) is 9.13. The molecule has 0 unspecified atom stereocenters. The van der Waals surface area contributed by atoms with Gasteiger partial charge in [-0.25, -0.2) is 0 Å². The van der Waals surface area contributed by atoms with Crippen LogP contribution in [0, 0.1) is 0 Å². The van der Waals surface area contributed by atoms with Crippen molar-refractivity contribution < 1.29 is 24.8 Å². The van der Waals surface area contributed by atoms with Crippen LogP contribution in [0.2, 0.25) is 0 Å². The lowest BCUT2D eigenvalue weighted by molar-refractivity contribution is -0.273. The van der Waals surface area contributed by atoms with E-state index in [4.69, 9.17) is 9.47 Å². The molecule has 0 aliphatic carbocycles. The lowest BCUT2D eigenvalue weighted by atomic mass is 10.0. The fourth-order valence-electron chi connectivity index (χ4n) is 4.08. The average molecular weight is 456 g/mol. The molecule has 0 saturated carbocycles. The van der Waals surface area contributed by atoms with Gasteiger partial charge in [0.2, 0.25) is 0 Å². The molecule has 0 radical (unpaired) electrons. The summed E-state index contributed by atoms with van der Waals surface area (Å²) in [6, 6.07) is 0. The summed E-state index contributed by atoms with van der Waals surface area (Å²) < 4.78 is 12.5. The minimum Gasteiger partial charge on any atom is -0.388 e. The first-order valence-electron chi connectivity index (χ1n) is 12.8. The van der Waals surface area contributed by atoms with E-state index in [0.717, 1.165) is 13.0 Å². The van der Waals surface area contributed by atoms with Gasteiger partial charge >= 0.3 is 0 Å². The molecule has 8 heteroatoms. The Hall–Kier alpha value is -1.06. The van der Waals surface area contributed by atoms with Crippen molar-refractivity contribution in [2.75, 3.05) is 6.61 Å². The highest BCUT2D eigenvalue weighted by Gasteiger charge is 2.38. The molecule has 0 amide bonds. The number of hydrogen-bond acceptors (Lipinski definition) is 7. The summed E-state index contributed by atoms with van der Waals surface area (Å²) in [5.74, 6) is 0. The van der Waals surface area contributed by atoms with Crippen molar-refractivity contribution in [2.45, 2.75) is 135 Å². The molecule has 4 atom stereocenters. The Balaban J connectivity index is 1.42. The Morgan fingerprint density at radius 1 is 0.875 bits per heavy atom. The van der Waals surface area contributed by atoms with E-state index >= 15 is 0 Å². The molecule has 1 aromatic heterocycles. The SMILES string of the molecule is CCCCCCCCCCCCCCCCn1cc(CO[C@@H]2OC[C@@H](O)[C@H](O)[C@H]2O)nn1. The third kappa shape index (κ3) is 10.7. The molecule has 1 aliphatic heterocycles. The Labute approximate surface area is 193 Å². The van der Waals surface area contributed by atoms with Crippen molar-refractivity contribution in [3.8, 4) is 0 Å². The van der Waals surface area contributed by atoms with Crippen LogP contribution in [-0.2, 0) is 22.6 Å². The van der Waals surface area contributed by atoms with E-state index in [0.29, 0.717) is 5.69 Å². The quantitative estimate of drug-likeness (QED) is 0.289. The number of aliphatic hydroxyl groups excluding tert-OH is 3. The van der Waals surface area contributed by atoms with E-state index in [-0.39, 0.29) is 13.2 Å². The van der Waals surface area contributed by atoms with Gasteiger partial charge in [-0.3, -0.25) is 4.68 Å². The molecule has 1 saturated heterocycles. The number of rotatable bonds is 18. The highest BCUT2D eigenvalue weighted by molar-refractivity contribution is 4.90. The standard InChI is InChI=1S/C24H45N3O5/c1-2-3-4-5-6-7-8-9-10-11-12-13-14-15-16-27-17-20(25-26-27)18-31-24-23(30)22(29)21(28)19-32-24/h17,21-24,28-30H,2-16,18-19H2,1H3/t21-,22+,23-,24-/m1/s1. The summed E-state index contributed by atoms with van der Waals surface area (Å²) in [5.41, 5.74) is 0.645. The van der Waals surface area contributed by atoms with E-state index in [2.05, 4.69) is 17.2 Å². The topological polar surface area (TPSA) is 110 Å². The molecule has 1 aromatic rings. The van der Waals surface area contributed by atoms with E-state index in [1.54, 1.807) is 0 Å². The van der Waals surface area contributed by atoms with Gasteiger partial charge in [0.25, 0.3) is 0 Å². The number of hydrogen-bond donors (Lipinski definition) is 3. The van der Waals surface area contributed by atoms with E-state index in [9.17, 15) is 15.3 Å². The van der Waals surface area contributed by atoms with Gasteiger partial charge in [0.15, 0.2) is 6.29 Å². The zero-order valence-electron chi connectivity index (χ0n) is 19.9. The summed E-state index contributed by atoms with van der Waals surface area (Å²) in [7, 11) is 0.